The standard InChI is InChI=1S/2C10H9O.C2H4.2ClH.Hf/c2*1-11-10-6-5-8-3-2-4-9(8)7-10;1-2;;;/h2*2-7H,1H3;1H,2H3;2*1H;/q2*-1;;;;+2/p-2. The number of hydrogen-bond acceptors (Lipinski definition) is 2. The van der Waals surface area contributed by atoms with Gasteiger partial charge in [0.1, 0.15) is 0 Å². The van der Waals surface area contributed by atoms with Crippen molar-refractivity contribution >= 4 is 42.5 Å². The van der Waals surface area contributed by atoms with E-state index in [0.717, 1.165) is 11.5 Å². The third kappa shape index (κ3) is 6.91. The van der Waals surface area contributed by atoms with Gasteiger partial charge >= 0.3 is 46.4 Å². The molecule has 0 saturated carbocycles. The topological polar surface area (TPSA) is 18.5 Å². The summed E-state index contributed by atoms with van der Waals surface area (Å²) in [5.74, 6) is 1.84. The SMILES string of the molecule is COc1ccc2[cH-]ccc2c1.COc1ccc2[cH-]ccc2c1.C[CH]=[Hf]([Cl])[Cl]. The van der Waals surface area contributed by atoms with Crippen molar-refractivity contribution in [2.24, 2.45) is 0 Å². The van der Waals surface area contributed by atoms with E-state index in [2.05, 4.69) is 36.4 Å². The van der Waals surface area contributed by atoms with Crippen molar-refractivity contribution in [1.82, 2.24) is 0 Å². The monoisotopic (exact) mass is 568 g/mol. The van der Waals surface area contributed by atoms with Crippen LogP contribution in [-0.2, 0) is 18.6 Å². The maximum atomic E-state index is 5.39. The quantitative estimate of drug-likeness (QED) is 0.194. The molecule has 142 valence electrons. The second-order valence-electron chi connectivity index (χ2n) is 5.62. The zero-order chi connectivity index (χ0) is 19.6. The number of hydrogen-bond donors (Lipinski definition) is 0. The second kappa shape index (κ2) is 11.4. The number of rotatable bonds is 2. The Hall–Kier alpha value is -1.42. The van der Waals surface area contributed by atoms with Crippen LogP contribution in [0.2, 0.25) is 0 Å². The molecule has 0 amide bonds. The summed E-state index contributed by atoms with van der Waals surface area (Å²) in [7, 11) is 14.1. The Bertz CT molecular complexity index is 924. The van der Waals surface area contributed by atoms with Crippen LogP contribution in [0.3, 0.4) is 0 Å². The van der Waals surface area contributed by atoms with Gasteiger partial charge in [0.25, 0.3) is 0 Å². The molecule has 0 bridgehead atoms. The third-order valence-electron chi connectivity index (χ3n) is 3.91. The fourth-order valence-electron chi connectivity index (χ4n) is 2.46. The number of halogens is 2. The molecule has 27 heavy (non-hydrogen) atoms. The van der Waals surface area contributed by atoms with Crippen LogP contribution < -0.4 is 9.47 Å². The van der Waals surface area contributed by atoms with Crippen LogP contribution in [0.5, 0.6) is 11.5 Å². The van der Waals surface area contributed by atoms with Gasteiger partial charge in [0.15, 0.2) is 0 Å². The van der Waals surface area contributed by atoms with E-state index in [1.54, 1.807) is 14.2 Å². The van der Waals surface area contributed by atoms with E-state index in [0.29, 0.717) is 0 Å². The number of ether oxygens (including phenoxy) is 2. The van der Waals surface area contributed by atoms with Crippen molar-refractivity contribution in [3.05, 3.63) is 72.8 Å². The zero-order valence-electron chi connectivity index (χ0n) is 15.6. The van der Waals surface area contributed by atoms with E-state index in [9.17, 15) is 0 Å². The van der Waals surface area contributed by atoms with Crippen molar-refractivity contribution in [2.75, 3.05) is 14.2 Å². The molecule has 0 saturated heterocycles. The molecule has 0 N–H and O–H groups in total. The van der Waals surface area contributed by atoms with Gasteiger partial charge in [-0.25, -0.2) is 0 Å². The first-order valence-corrected chi connectivity index (χ1v) is 19.4. The molecule has 0 aliphatic heterocycles. The Morgan fingerprint density at radius 2 is 1.19 bits per heavy atom. The average Bonchev–Trinajstić information content (AvgIpc) is 3.36. The van der Waals surface area contributed by atoms with E-state index in [1.165, 1.54) is 21.5 Å². The molecule has 0 unspecified atom stereocenters. The Balaban J connectivity index is 0.000000157. The van der Waals surface area contributed by atoms with Gasteiger partial charge in [-0.2, -0.15) is 24.3 Å². The molecule has 4 aromatic carbocycles. The van der Waals surface area contributed by atoms with Gasteiger partial charge in [-0.1, -0.05) is 24.3 Å². The number of methoxy groups -OCH3 is 2. The number of benzene rings is 2. The van der Waals surface area contributed by atoms with Gasteiger partial charge in [-0.15, -0.1) is 45.8 Å². The summed E-state index contributed by atoms with van der Waals surface area (Å²) < 4.78 is 12.1. The van der Waals surface area contributed by atoms with Gasteiger partial charge in [-0.05, 0) is 0 Å². The van der Waals surface area contributed by atoms with Crippen LogP contribution >= 0.6 is 17.2 Å². The summed E-state index contributed by atoms with van der Waals surface area (Å²) in [4.78, 5) is 0. The van der Waals surface area contributed by atoms with Crippen LogP contribution in [0.4, 0.5) is 0 Å². The molecule has 0 aliphatic carbocycles. The molecule has 0 aliphatic rings. The molecular formula is C22H22Cl2HfO2-2. The van der Waals surface area contributed by atoms with E-state index < -0.39 is 18.6 Å². The van der Waals surface area contributed by atoms with E-state index >= 15 is 0 Å². The predicted molar refractivity (Wildman–Crippen MR) is 116 cm³/mol. The predicted octanol–water partition coefficient (Wildman–Crippen LogP) is 6.87. The van der Waals surface area contributed by atoms with Crippen LogP contribution in [0.1, 0.15) is 6.92 Å². The molecular weight excluding hydrogens is 546 g/mol. The van der Waals surface area contributed by atoms with E-state index in [-0.39, 0.29) is 0 Å². The van der Waals surface area contributed by atoms with Crippen molar-refractivity contribution in [1.29, 1.82) is 0 Å². The molecule has 4 aromatic rings. The maximum absolute atomic E-state index is 5.39. The Morgan fingerprint density at radius 1 is 0.778 bits per heavy atom. The fourth-order valence-corrected chi connectivity index (χ4v) is 2.46. The fraction of sp³-hybridized carbons (Fsp3) is 0.136. The summed E-state index contributed by atoms with van der Waals surface area (Å²) in [5, 5.41) is 5.02. The van der Waals surface area contributed by atoms with Crippen molar-refractivity contribution in [3.63, 3.8) is 0 Å². The van der Waals surface area contributed by atoms with Crippen LogP contribution in [0.15, 0.2) is 72.8 Å². The van der Waals surface area contributed by atoms with E-state index in [4.69, 9.17) is 26.6 Å². The average molecular weight is 568 g/mol. The molecule has 0 atom stereocenters. The second-order valence-corrected chi connectivity index (χ2v) is 18.0. The minimum absolute atomic E-state index is 0.920. The molecule has 4 rings (SSSR count). The molecule has 0 fully saturated rings. The van der Waals surface area contributed by atoms with Crippen LogP contribution in [0.25, 0.3) is 21.5 Å². The van der Waals surface area contributed by atoms with Crippen molar-refractivity contribution in [2.45, 2.75) is 6.92 Å². The first-order chi connectivity index (χ1) is 13.1. The van der Waals surface area contributed by atoms with Crippen LogP contribution in [0, 0.1) is 0 Å². The summed E-state index contributed by atoms with van der Waals surface area (Å²) >= 11 is -1.88. The first-order valence-electron chi connectivity index (χ1n) is 8.43. The zero-order valence-corrected chi connectivity index (χ0v) is 20.7. The summed E-state index contributed by atoms with van der Waals surface area (Å²) in [6.45, 7) is 1.90. The Morgan fingerprint density at radius 3 is 1.52 bits per heavy atom. The minimum atomic E-state index is -1.88. The normalized spacial score (nSPS) is 9.67. The molecule has 0 radical (unpaired) electrons. The van der Waals surface area contributed by atoms with Crippen molar-refractivity contribution < 1.29 is 28.1 Å². The first kappa shape index (κ1) is 21.9. The van der Waals surface area contributed by atoms with Gasteiger partial charge < -0.3 is 9.47 Å². The Kier molecular flexibility index (Phi) is 9.26. The summed E-state index contributed by atoms with van der Waals surface area (Å²) in [5.41, 5.74) is 0. The molecule has 0 spiro atoms. The van der Waals surface area contributed by atoms with Gasteiger partial charge in [0.05, 0.1) is 25.7 Å². The molecule has 0 aromatic heterocycles. The van der Waals surface area contributed by atoms with Gasteiger partial charge in [0, 0.05) is 0 Å². The molecule has 2 nitrogen and oxygen atoms in total. The third-order valence-corrected chi connectivity index (χ3v) is 9.05. The number of fused-ring (bicyclic) bond motifs is 2. The molecule has 5 heteroatoms. The van der Waals surface area contributed by atoms with Crippen LogP contribution in [-0.4, -0.2) is 18.0 Å². The summed E-state index contributed by atoms with van der Waals surface area (Å²) in [6.07, 6.45) is 0. The van der Waals surface area contributed by atoms with E-state index in [1.807, 2.05) is 47.1 Å². The molecule has 0 heterocycles. The van der Waals surface area contributed by atoms with Crippen molar-refractivity contribution in [3.8, 4) is 11.5 Å². The van der Waals surface area contributed by atoms with Gasteiger partial charge in [0.2, 0.25) is 0 Å². The summed E-state index contributed by atoms with van der Waals surface area (Å²) in [6, 6.07) is 24.6. The van der Waals surface area contributed by atoms with Gasteiger partial charge in [-0.3, -0.25) is 0 Å². The Labute approximate surface area is 175 Å².